The van der Waals surface area contributed by atoms with Gasteiger partial charge in [0.15, 0.2) is 0 Å². The molecule has 0 saturated heterocycles. The largest absolute Gasteiger partial charge is 0.296 e. The first-order valence-electron chi connectivity index (χ1n) is 9.80. The van der Waals surface area contributed by atoms with Crippen LogP contribution in [0.15, 0.2) is 52.9 Å². The van der Waals surface area contributed by atoms with Crippen LogP contribution in [0, 0.1) is 6.92 Å². The van der Waals surface area contributed by atoms with Crippen molar-refractivity contribution in [2.45, 2.75) is 50.4 Å². The fraction of sp³-hybridized carbons (Fsp3) is 0.318. The van der Waals surface area contributed by atoms with Crippen LogP contribution < -0.4 is 10.0 Å². The molecule has 3 rings (SSSR count). The molecule has 0 aliphatic rings. The minimum absolute atomic E-state index is 0.0209. The molecule has 3 aromatic rings. The van der Waals surface area contributed by atoms with Crippen molar-refractivity contribution in [1.82, 2.24) is 14.9 Å². The van der Waals surface area contributed by atoms with Crippen molar-refractivity contribution in [3.8, 4) is 0 Å². The zero-order valence-electron chi connectivity index (χ0n) is 18.1. The topological polar surface area (TPSA) is 101 Å². The maximum atomic E-state index is 12.7. The molecule has 2 N–H and O–H groups in total. The zero-order valence-corrected chi connectivity index (χ0v) is 19.8. The minimum atomic E-state index is -3.89. The van der Waals surface area contributed by atoms with Gasteiger partial charge >= 0.3 is 0 Å². The summed E-state index contributed by atoms with van der Waals surface area (Å²) in [5.41, 5.74) is 3.44. The summed E-state index contributed by atoms with van der Waals surface area (Å²) in [6, 6.07) is 14.5. The van der Waals surface area contributed by atoms with Gasteiger partial charge in [0.1, 0.15) is 0 Å². The number of hydrogen-bond acceptors (Lipinski definition) is 6. The molecule has 0 spiro atoms. The average Bonchev–Trinajstić information content (AvgIpc) is 3.16. The van der Waals surface area contributed by atoms with Crippen molar-refractivity contribution in [2.75, 3.05) is 5.32 Å². The third kappa shape index (κ3) is 5.75. The number of nitrogens with zero attached hydrogens (tertiary/aromatic N) is 2. The molecule has 1 heterocycles. The molecule has 7 nitrogen and oxygen atoms in total. The van der Waals surface area contributed by atoms with Crippen molar-refractivity contribution in [3.05, 3.63) is 70.8 Å². The molecule has 0 fully saturated rings. The van der Waals surface area contributed by atoms with E-state index in [1.54, 1.807) is 25.1 Å². The Balaban J connectivity index is 1.70. The molecular weight excluding hydrogens is 432 g/mol. The second-order valence-corrected chi connectivity index (χ2v) is 11.3. The first-order valence-corrected chi connectivity index (χ1v) is 12.1. The predicted octanol–water partition coefficient (Wildman–Crippen LogP) is 4.44. The van der Waals surface area contributed by atoms with Crippen molar-refractivity contribution < 1.29 is 13.2 Å². The van der Waals surface area contributed by atoms with Crippen LogP contribution in [0.1, 0.15) is 60.8 Å². The number of nitrogens with one attached hydrogen (secondary N) is 2. The molecule has 0 bridgehead atoms. The van der Waals surface area contributed by atoms with Crippen LogP contribution in [0.2, 0.25) is 0 Å². The summed E-state index contributed by atoms with van der Waals surface area (Å²) in [6.07, 6.45) is 0. The molecule has 1 aromatic heterocycles. The molecule has 31 heavy (non-hydrogen) atoms. The van der Waals surface area contributed by atoms with Gasteiger partial charge in [-0.05, 0) is 42.5 Å². The van der Waals surface area contributed by atoms with Gasteiger partial charge in [0.25, 0.3) is 15.9 Å². The van der Waals surface area contributed by atoms with Crippen LogP contribution in [0.25, 0.3) is 0 Å². The predicted molar refractivity (Wildman–Crippen MR) is 123 cm³/mol. The summed E-state index contributed by atoms with van der Waals surface area (Å²) in [4.78, 5) is 12.3. The highest BCUT2D eigenvalue weighted by atomic mass is 32.2. The van der Waals surface area contributed by atoms with Gasteiger partial charge in [-0.2, -0.15) is 0 Å². The summed E-state index contributed by atoms with van der Waals surface area (Å²) in [7, 11) is -3.89. The molecular formula is C22H26N4O3S2. The van der Waals surface area contributed by atoms with E-state index in [1.165, 1.54) is 5.56 Å². The molecule has 1 atom stereocenters. The maximum Gasteiger partial charge on any atom is 0.270 e. The monoisotopic (exact) mass is 458 g/mol. The Bertz CT molecular complexity index is 1180. The quantitative estimate of drug-likeness (QED) is 0.532. The van der Waals surface area contributed by atoms with Gasteiger partial charge in [0.05, 0.1) is 0 Å². The van der Waals surface area contributed by atoms with Crippen LogP contribution in [-0.4, -0.2) is 24.5 Å². The van der Waals surface area contributed by atoms with Gasteiger partial charge in [-0.25, -0.2) is 13.1 Å². The zero-order chi connectivity index (χ0) is 22.8. The maximum absolute atomic E-state index is 12.7. The molecule has 0 aliphatic heterocycles. The number of benzene rings is 2. The molecule has 9 heteroatoms. The van der Waals surface area contributed by atoms with Gasteiger partial charge in [-0.3, -0.25) is 10.1 Å². The lowest BCUT2D eigenvalue weighted by molar-refractivity contribution is 0.102. The van der Waals surface area contributed by atoms with Crippen molar-refractivity contribution >= 4 is 32.4 Å². The lowest BCUT2D eigenvalue weighted by atomic mass is 9.86. The van der Waals surface area contributed by atoms with Crippen molar-refractivity contribution in [3.63, 3.8) is 0 Å². The van der Waals surface area contributed by atoms with E-state index in [4.69, 9.17) is 0 Å². The first kappa shape index (κ1) is 23.1. The molecule has 1 amide bonds. The number of rotatable bonds is 6. The normalized spacial score (nSPS) is 13.1. The van der Waals surface area contributed by atoms with E-state index in [0.717, 1.165) is 22.5 Å². The van der Waals surface area contributed by atoms with Crippen LogP contribution in [-0.2, 0) is 15.4 Å². The van der Waals surface area contributed by atoms with Crippen molar-refractivity contribution in [2.24, 2.45) is 0 Å². The van der Waals surface area contributed by atoms with Gasteiger partial charge < -0.3 is 0 Å². The number of carbonyl (C=O) groups excluding carboxylic acids is 1. The van der Waals surface area contributed by atoms with Crippen LogP contribution in [0.4, 0.5) is 5.13 Å². The van der Waals surface area contributed by atoms with Crippen LogP contribution in [0.5, 0.6) is 0 Å². The number of aryl methyl sites for hydroxylation is 1. The van der Waals surface area contributed by atoms with Gasteiger partial charge in [-0.1, -0.05) is 74.1 Å². The SMILES string of the molecule is Cc1cccc(C(=O)Nc2nnc(S(=O)(=O)N[C@H](C)c3ccc(C(C)(C)C)cc3)s2)c1. The summed E-state index contributed by atoms with van der Waals surface area (Å²) < 4.78 is 27.9. The van der Waals surface area contributed by atoms with Crippen LogP contribution in [0.3, 0.4) is 0 Å². The average molecular weight is 459 g/mol. The Kier molecular flexibility index (Phi) is 6.59. The number of aromatic nitrogens is 2. The van der Waals surface area contributed by atoms with Crippen molar-refractivity contribution in [1.29, 1.82) is 0 Å². The Hall–Kier alpha value is -2.62. The molecule has 2 aromatic carbocycles. The van der Waals surface area contributed by atoms with Crippen LogP contribution >= 0.6 is 11.3 Å². The number of anilines is 1. The smallest absolute Gasteiger partial charge is 0.270 e. The van der Waals surface area contributed by atoms with E-state index >= 15 is 0 Å². The Morgan fingerprint density at radius 2 is 1.74 bits per heavy atom. The molecule has 0 unspecified atom stereocenters. The van der Waals surface area contributed by atoms with E-state index in [0.29, 0.717) is 5.56 Å². The summed E-state index contributed by atoms with van der Waals surface area (Å²) in [6.45, 7) is 10.0. The molecule has 0 saturated carbocycles. The third-order valence-electron chi connectivity index (χ3n) is 4.75. The van der Waals surface area contributed by atoms with Gasteiger partial charge in [-0.15, -0.1) is 10.2 Å². The Morgan fingerprint density at radius 1 is 1.06 bits per heavy atom. The van der Waals surface area contributed by atoms with E-state index in [-0.39, 0.29) is 20.8 Å². The second kappa shape index (κ2) is 8.86. The lowest BCUT2D eigenvalue weighted by Gasteiger charge is -2.20. The fourth-order valence-electron chi connectivity index (χ4n) is 2.95. The van der Waals surface area contributed by atoms with E-state index in [9.17, 15) is 13.2 Å². The molecule has 0 radical (unpaired) electrons. The summed E-state index contributed by atoms with van der Waals surface area (Å²) >= 11 is 0.805. The van der Waals surface area contributed by atoms with E-state index in [1.807, 2.05) is 37.3 Å². The van der Waals surface area contributed by atoms with Gasteiger partial charge in [0, 0.05) is 11.6 Å². The highest BCUT2D eigenvalue weighted by Gasteiger charge is 2.24. The highest BCUT2D eigenvalue weighted by molar-refractivity contribution is 7.91. The standard InChI is InChI=1S/C22H26N4O3S2/c1-14-7-6-8-17(13-14)19(27)23-20-24-25-21(30-20)31(28,29)26-15(2)16-9-11-18(12-10-16)22(3,4)5/h6-13,15,26H,1-5H3,(H,23,24,27)/t15-/m1/s1. The summed E-state index contributed by atoms with van der Waals surface area (Å²) in [5, 5.41) is 10.3. The fourth-order valence-corrected chi connectivity index (χ4v) is 5.09. The number of sulfonamides is 1. The van der Waals surface area contributed by atoms with E-state index in [2.05, 4.69) is 41.0 Å². The van der Waals surface area contributed by atoms with E-state index < -0.39 is 16.1 Å². The number of amides is 1. The minimum Gasteiger partial charge on any atom is -0.296 e. The Morgan fingerprint density at radius 3 is 2.35 bits per heavy atom. The molecule has 0 aliphatic carbocycles. The first-order chi connectivity index (χ1) is 14.5. The highest BCUT2D eigenvalue weighted by Crippen LogP contribution is 2.26. The number of carbonyl (C=O) groups is 1. The lowest BCUT2D eigenvalue weighted by Crippen LogP contribution is -2.27. The van der Waals surface area contributed by atoms with Gasteiger partial charge in [0.2, 0.25) is 9.47 Å². The number of hydrogen-bond donors (Lipinski definition) is 2. The Labute approximate surface area is 187 Å². The second-order valence-electron chi connectivity index (χ2n) is 8.41. The third-order valence-corrected chi connectivity index (χ3v) is 7.49. The summed E-state index contributed by atoms with van der Waals surface area (Å²) in [5.74, 6) is -0.371. The molecule has 164 valence electrons.